The number of hydrogen-bond donors (Lipinski definition) is 3. The average molecular weight is 486 g/mol. The van der Waals surface area contributed by atoms with Crippen molar-refractivity contribution in [1.82, 2.24) is 0 Å². The number of nitrogens with one attached hydrogen (secondary N) is 2. The molecule has 0 aromatic heterocycles. The first kappa shape index (κ1) is 26.2. The molecule has 1 atom stereocenters. The molecule has 0 radical (unpaired) electrons. The van der Waals surface area contributed by atoms with Crippen LogP contribution in [0.2, 0.25) is 0 Å². The number of halogens is 6. The van der Waals surface area contributed by atoms with Gasteiger partial charge in [0, 0.05) is 5.69 Å². The van der Waals surface area contributed by atoms with E-state index < -0.39 is 52.9 Å². The second-order valence-corrected chi connectivity index (χ2v) is 6.83. The molecule has 2 aromatic carbocycles. The van der Waals surface area contributed by atoms with E-state index in [0.717, 1.165) is 0 Å². The third-order valence-corrected chi connectivity index (χ3v) is 4.37. The van der Waals surface area contributed by atoms with E-state index >= 15 is 0 Å². The zero-order valence-corrected chi connectivity index (χ0v) is 17.3. The normalized spacial score (nSPS) is 12.2. The van der Waals surface area contributed by atoms with E-state index in [1.807, 2.05) is 0 Å². The second kappa shape index (κ2) is 10.3. The number of amides is 2. The van der Waals surface area contributed by atoms with Crippen molar-refractivity contribution in [3.05, 3.63) is 59.2 Å². The minimum atomic E-state index is -5.09. The van der Waals surface area contributed by atoms with Gasteiger partial charge in [-0.3, -0.25) is 14.4 Å². The van der Waals surface area contributed by atoms with Gasteiger partial charge in [0.15, 0.2) is 0 Å². The zero-order chi connectivity index (χ0) is 25.7. The number of carbonyl (C=O) groups excluding carboxylic acids is 2. The van der Waals surface area contributed by atoms with Crippen molar-refractivity contribution in [3.8, 4) is 11.8 Å². The van der Waals surface area contributed by atoms with Gasteiger partial charge in [-0.2, -0.15) is 26.3 Å². The van der Waals surface area contributed by atoms with E-state index in [4.69, 9.17) is 5.11 Å². The highest BCUT2D eigenvalue weighted by Crippen LogP contribution is 2.39. The number of anilines is 2. The van der Waals surface area contributed by atoms with Crippen LogP contribution in [0.3, 0.4) is 0 Å². The third kappa shape index (κ3) is 6.99. The molecule has 3 N–H and O–H groups in total. The number of benzene rings is 2. The van der Waals surface area contributed by atoms with E-state index in [2.05, 4.69) is 17.2 Å². The summed E-state index contributed by atoms with van der Waals surface area (Å²) in [7, 11) is 0. The molecule has 2 amide bonds. The molecule has 2 rings (SSSR count). The Balaban J connectivity index is 2.20. The summed E-state index contributed by atoms with van der Waals surface area (Å²) in [5.74, 6) is 0.516. The number of carboxylic acid groups (broad SMARTS) is 1. The minimum absolute atomic E-state index is 0.0301. The average Bonchev–Trinajstić information content (AvgIpc) is 2.72. The van der Waals surface area contributed by atoms with Gasteiger partial charge < -0.3 is 15.7 Å². The predicted molar refractivity (Wildman–Crippen MR) is 109 cm³/mol. The zero-order valence-electron chi connectivity index (χ0n) is 17.3. The van der Waals surface area contributed by atoms with E-state index in [1.165, 1.54) is 31.2 Å². The maximum Gasteiger partial charge on any atom is 0.418 e. The molecular formula is C22H16F6N2O4. The first-order valence-corrected chi connectivity index (χ1v) is 9.37. The van der Waals surface area contributed by atoms with Crippen LogP contribution in [0.5, 0.6) is 0 Å². The van der Waals surface area contributed by atoms with Crippen LogP contribution in [-0.2, 0) is 26.7 Å². The molecule has 0 bridgehead atoms. The molecule has 2 aromatic rings. The van der Waals surface area contributed by atoms with Crippen LogP contribution in [0.25, 0.3) is 0 Å². The van der Waals surface area contributed by atoms with Crippen molar-refractivity contribution in [2.24, 2.45) is 0 Å². The van der Waals surface area contributed by atoms with Crippen LogP contribution in [0, 0.1) is 11.8 Å². The van der Waals surface area contributed by atoms with Gasteiger partial charge in [-0.05, 0) is 42.8 Å². The second-order valence-electron chi connectivity index (χ2n) is 6.83. The third-order valence-electron chi connectivity index (χ3n) is 4.37. The highest BCUT2D eigenvalue weighted by atomic mass is 19.4. The van der Waals surface area contributed by atoms with Crippen molar-refractivity contribution >= 4 is 29.2 Å². The van der Waals surface area contributed by atoms with Crippen molar-refractivity contribution in [3.63, 3.8) is 0 Å². The topological polar surface area (TPSA) is 95.5 Å². The Bertz CT molecular complexity index is 1150. The molecule has 0 aliphatic carbocycles. The van der Waals surface area contributed by atoms with Crippen molar-refractivity contribution < 1.29 is 45.8 Å². The van der Waals surface area contributed by atoms with Crippen LogP contribution in [0.4, 0.5) is 37.7 Å². The Morgan fingerprint density at radius 1 is 0.912 bits per heavy atom. The molecule has 12 heteroatoms. The lowest BCUT2D eigenvalue weighted by Gasteiger charge is -2.16. The van der Waals surface area contributed by atoms with E-state index in [1.54, 1.807) is 5.32 Å². The van der Waals surface area contributed by atoms with Gasteiger partial charge in [-0.25, -0.2) is 0 Å². The molecule has 0 spiro atoms. The van der Waals surface area contributed by atoms with Gasteiger partial charge in [0.05, 0.1) is 29.2 Å². The molecule has 0 heterocycles. The summed E-state index contributed by atoms with van der Waals surface area (Å²) in [4.78, 5) is 35.1. The number of alkyl halides is 6. The van der Waals surface area contributed by atoms with Crippen molar-refractivity contribution in [2.75, 3.05) is 10.6 Å². The Hall–Kier alpha value is -4.01. The molecule has 0 saturated carbocycles. The Morgan fingerprint density at radius 3 is 2.00 bits per heavy atom. The smallest absolute Gasteiger partial charge is 0.418 e. The maximum atomic E-state index is 13.1. The standard InChI is InChI=1S/C22H16F6N2O4/c1-2-3-13(10-18(31)32)12-4-7-15(8-5-12)29-19(33)20(34)30-17-11-14(21(23,24)25)6-9-16(17)22(26,27)28/h4-9,11,13H,10H2,1H3,(H,29,33)(H,30,34)(H,31,32)/t13-/m1/s1. The molecule has 0 aliphatic rings. The predicted octanol–water partition coefficient (Wildman–Crippen LogP) is 4.88. The number of carboxylic acids is 1. The van der Waals surface area contributed by atoms with Crippen LogP contribution in [-0.4, -0.2) is 22.9 Å². The highest BCUT2D eigenvalue weighted by molar-refractivity contribution is 6.43. The number of hydrogen-bond acceptors (Lipinski definition) is 3. The summed E-state index contributed by atoms with van der Waals surface area (Å²) >= 11 is 0. The lowest BCUT2D eigenvalue weighted by atomic mass is 9.96. The lowest BCUT2D eigenvalue weighted by Crippen LogP contribution is -2.30. The van der Waals surface area contributed by atoms with Gasteiger partial charge in [-0.1, -0.05) is 18.1 Å². The SMILES string of the molecule is CC#C[C@H](CC(=O)O)c1ccc(NC(=O)C(=O)Nc2cc(C(F)(F)F)ccc2C(F)(F)F)cc1. The molecular weight excluding hydrogens is 470 g/mol. The molecule has 0 aliphatic heterocycles. The lowest BCUT2D eigenvalue weighted by molar-refractivity contribution is -0.141. The fourth-order valence-corrected chi connectivity index (χ4v) is 2.84. The fourth-order valence-electron chi connectivity index (χ4n) is 2.84. The van der Waals surface area contributed by atoms with Gasteiger partial charge in [0.1, 0.15) is 0 Å². The van der Waals surface area contributed by atoms with Gasteiger partial charge in [-0.15, -0.1) is 5.92 Å². The van der Waals surface area contributed by atoms with Gasteiger partial charge >= 0.3 is 30.1 Å². The summed E-state index contributed by atoms with van der Waals surface area (Å²) < 4.78 is 78.0. The number of carbonyl (C=O) groups is 3. The number of rotatable bonds is 5. The monoisotopic (exact) mass is 486 g/mol. The molecule has 0 unspecified atom stereocenters. The molecule has 0 fully saturated rings. The summed E-state index contributed by atoms with van der Waals surface area (Å²) in [6, 6.07) is 5.92. The summed E-state index contributed by atoms with van der Waals surface area (Å²) in [5.41, 5.74) is -3.71. The maximum absolute atomic E-state index is 13.1. The molecule has 6 nitrogen and oxygen atoms in total. The molecule has 180 valence electrons. The summed E-state index contributed by atoms with van der Waals surface area (Å²) in [6.45, 7) is 1.52. The van der Waals surface area contributed by atoms with Crippen LogP contribution in [0.15, 0.2) is 42.5 Å². The van der Waals surface area contributed by atoms with E-state index in [9.17, 15) is 40.7 Å². The fraction of sp³-hybridized carbons (Fsp3) is 0.227. The highest BCUT2D eigenvalue weighted by Gasteiger charge is 2.37. The molecule has 0 saturated heterocycles. The van der Waals surface area contributed by atoms with Gasteiger partial charge in [0.25, 0.3) is 0 Å². The van der Waals surface area contributed by atoms with Crippen molar-refractivity contribution in [2.45, 2.75) is 31.6 Å². The summed E-state index contributed by atoms with van der Waals surface area (Å²) in [6.07, 6.45) is -10.4. The minimum Gasteiger partial charge on any atom is -0.481 e. The summed E-state index contributed by atoms with van der Waals surface area (Å²) in [5, 5.41) is 12.6. The van der Waals surface area contributed by atoms with E-state index in [0.29, 0.717) is 5.56 Å². The quantitative estimate of drug-likeness (QED) is 0.319. The first-order chi connectivity index (χ1) is 15.7. The Morgan fingerprint density at radius 2 is 1.50 bits per heavy atom. The Labute approximate surface area is 189 Å². The van der Waals surface area contributed by atoms with E-state index in [-0.39, 0.29) is 30.3 Å². The Kier molecular flexibility index (Phi) is 7.94. The largest absolute Gasteiger partial charge is 0.481 e. The molecule has 34 heavy (non-hydrogen) atoms. The van der Waals surface area contributed by atoms with Gasteiger partial charge in [0.2, 0.25) is 0 Å². The number of aliphatic carboxylic acids is 1. The van der Waals surface area contributed by atoms with Crippen LogP contribution in [0.1, 0.15) is 36.0 Å². The van der Waals surface area contributed by atoms with Crippen LogP contribution < -0.4 is 10.6 Å². The van der Waals surface area contributed by atoms with Crippen LogP contribution >= 0.6 is 0 Å². The first-order valence-electron chi connectivity index (χ1n) is 9.37. The van der Waals surface area contributed by atoms with Crippen molar-refractivity contribution in [1.29, 1.82) is 0 Å².